The van der Waals surface area contributed by atoms with Gasteiger partial charge in [-0.05, 0) is 62.8 Å². The Hall–Kier alpha value is -1.99. The molecule has 21 heavy (non-hydrogen) atoms. The normalized spacial score (nSPS) is 10.8. The van der Waals surface area contributed by atoms with Gasteiger partial charge >= 0.3 is 0 Å². The average Bonchev–Trinajstić information content (AvgIpc) is 2.93. The summed E-state index contributed by atoms with van der Waals surface area (Å²) < 4.78 is 16.1. The van der Waals surface area contributed by atoms with E-state index in [0.717, 1.165) is 4.47 Å². The number of rotatable bonds is 2. The van der Waals surface area contributed by atoms with Crippen LogP contribution in [0.5, 0.6) is 0 Å². The molecule has 0 aliphatic heterocycles. The minimum Gasteiger partial charge on any atom is -0.399 e. The van der Waals surface area contributed by atoms with Crippen LogP contribution in [0, 0.1) is 5.82 Å². The van der Waals surface area contributed by atoms with Crippen molar-refractivity contribution in [2.45, 2.75) is 0 Å². The summed E-state index contributed by atoms with van der Waals surface area (Å²) in [6.45, 7) is 0. The van der Waals surface area contributed by atoms with Crippen molar-refractivity contribution in [3.05, 3.63) is 51.7 Å². The van der Waals surface area contributed by atoms with Crippen LogP contribution in [0.15, 0.2) is 40.9 Å². The Kier molecular flexibility index (Phi) is 3.60. The van der Waals surface area contributed by atoms with Crippen LogP contribution in [0.2, 0.25) is 5.02 Å². The van der Waals surface area contributed by atoms with Gasteiger partial charge in [-0.2, -0.15) is 4.68 Å². The Morgan fingerprint density at radius 1 is 1.19 bits per heavy atom. The molecule has 0 bridgehead atoms. The predicted octanol–water partition coefficient (Wildman–Crippen LogP) is 3.47. The molecule has 0 aliphatic rings. The summed E-state index contributed by atoms with van der Waals surface area (Å²) in [5.41, 5.74) is 6.94. The fourth-order valence-electron chi connectivity index (χ4n) is 1.88. The van der Waals surface area contributed by atoms with Crippen molar-refractivity contribution in [3.8, 4) is 17.1 Å². The molecular formula is C13H8BrClFN5. The van der Waals surface area contributed by atoms with E-state index in [9.17, 15) is 4.39 Å². The molecule has 0 fully saturated rings. The van der Waals surface area contributed by atoms with E-state index in [1.54, 1.807) is 18.2 Å². The van der Waals surface area contributed by atoms with Crippen molar-refractivity contribution < 1.29 is 4.39 Å². The fraction of sp³-hybridized carbons (Fsp3) is 0. The second-order valence-corrected chi connectivity index (χ2v) is 5.54. The molecule has 1 aromatic heterocycles. The lowest BCUT2D eigenvalue weighted by molar-refractivity contribution is 0.629. The molecule has 1 heterocycles. The zero-order valence-corrected chi connectivity index (χ0v) is 12.8. The fourth-order valence-corrected chi connectivity index (χ4v) is 2.46. The molecule has 0 aliphatic carbocycles. The van der Waals surface area contributed by atoms with Crippen LogP contribution < -0.4 is 5.73 Å². The minimum absolute atomic E-state index is 0.215. The molecule has 2 N–H and O–H groups in total. The van der Waals surface area contributed by atoms with Gasteiger partial charge in [0.05, 0.1) is 11.3 Å². The van der Waals surface area contributed by atoms with E-state index < -0.39 is 5.82 Å². The predicted molar refractivity (Wildman–Crippen MR) is 81.7 cm³/mol. The first-order valence-corrected chi connectivity index (χ1v) is 7.02. The molecule has 0 saturated heterocycles. The molecule has 5 nitrogen and oxygen atoms in total. The largest absolute Gasteiger partial charge is 0.399 e. The van der Waals surface area contributed by atoms with Crippen LogP contribution in [-0.4, -0.2) is 20.2 Å². The number of anilines is 1. The lowest BCUT2D eigenvalue weighted by atomic mass is 10.1. The number of hydrogen-bond donors (Lipinski definition) is 1. The summed E-state index contributed by atoms with van der Waals surface area (Å²) in [5, 5.41) is 11.9. The van der Waals surface area contributed by atoms with Gasteiger partial charge in [-0.1, -0.05) is 11.6 Å². The maximum absolute atomic E-state index is 14.0. The molecule has 0 radical (unpaired) electrons. The molecular weight excluding hydrogens is 361 g/mol. The molecule has 3 aromatic rings. The molecule has 2 aromatic carbocycles. The van der Waals surface area contributed by atoms with E-state index in [-0.39, 0.29) is 11.4 Å². The van der Waals surface area contributed by atoms with Crippen LogP contribution in [0.1, 0.15) is 0 Å². The highest BCUT2D eigenvalue weighted by molar-refractivity contribution is 9.10. The number of nitrogen functional groups attached to an aromatic ring is 1. The highest BCUT2D eigenvalue weighted by Gasteiger charge is 2.17. The first-order chi connectivity index (χ1) is 10.1. The van der Waals surface area contributed by atoms with Gasteiger partial charge in [-0.15, -0.1) is 5.10 Å². The summed E-state index contributed by atoms with van der Waals surface area (Å²) in [5.74, 6) is -0.221. The van der Waals surface area contributed by atoms with Crippen molar-refractivity contribution in [1.29, 1.82) is 0 Å². The van der Waals surface area contributed by atoms with Crippen LogP contribution in [-0.2, 0) is 0 Å². The number of nitrogens with two attached hydrogens (primary N) is 1. The summed E-state index contributed by atoms with van der Waals surface area (Å²) in [6.07, 6.45) is 0. The smallest absolute Gasteiger partial charge is 0.190 e. The number of benzene rings is 2. The molecule has 3 rings (SSSR count). The quantitative estimate of drug-likeness (QED) is 0.703. The number of aromatic nitrogens is 4. The first kappa shape index (κ1) is 14.0. The van der Waals surface area contributed by atoms with Crippen molar-refractivity contribution in [3.63, 3.8) is 0 Å². The van der Waals surface area contributed by atoms with Gasteiger partial charge in [0.15, 0.2) is 5.82 Å². The maximum atomic E-state index is 14.0. The molecule has 0 saturated carbocycles. The van der Waals surface area contributed by atoms with Gasteiger partial charge in [0, 0.05) is 15.2 Å². The maximum Gasteiger partial charge on any atom is 0.190 e. The number of hydrogen-bond acceptors (Lipinski definition) is 4. The van der Waals surface area contributed by atoms with Crippen molar-refractivity contribution in [1.82, 2.24) is 20.2 Å². The number of nitrogens with zero attached hydrogens (tertiary/aromatic N) is 4. The third-order valence-corrected chi connectivity index (χ3v) is 3.74. The van der Waals surface area contributed by atoms with Gasteiger partial charge in [-0.25, -0.2) is 4.39 Å². The van der Waals surface area contributed by atoms with E-state index in [1.165, 1.54) is 22.9 Å². The monoisotopic (exact) mass is 367 g/mol. The van der Waals surface area contributed by atoms with Crippen LogP contribution >= 0.6 is 27.5 Å². The third-order valence-electron chi connectivity index (χ3n) is 2.84. The van der Waals surface area contributed by atoms with Gasteiger partial charge in [0.1, 0.15) is 5.82 Å². The Bertz CT molecular complexity index is 754. The van der Waals surface area contributed by atoms with Crippen molar-refractivity contribution >= 4 is 33.2 Å². The van der Waals surface area contributed by atoms with Crippen LogP contribution in [0.3, 0.4) is 0 Å². The van der Waals surface area contributed by atoms with Crippen molar-refractivity contribution in [2.75, 3.05) is 5.73 Å². The molecule has 0 spiro atoms. The van der Waals surface area contributed by atoms with Crippen molar-refractivity contribution in [2.24, 2.45) is 0 Å². The van der Waals surface area contributed by atoms with E-state index in [4.69, 9.17) is 17.3 Å². The zero-order chi connectivity index (χ0) is 15.0. The Balaban J connectivity index is 2.22. The van der Waals surface area contributed by atoms with Gasteiger partial charge in [0.2, 0.25) is 0 Å². The molecule has 8 heteroatoms. The Morgan fingerprint density at radius 3 is 2.81 bits per heavy atom. The highest BCUT2D eigenvalue weighted by atomic mass is 79.9. The number of halogens is 3. The van der Waals surface area contributed by atoms with E-state index >= 15 is 0 Å². The minimum atomic E-state index is -0.460. The molecule has 0 atom stereocenters. The van der Waals surface area contributed by atoms with E-state index in [2.05, 4.69) is 31.5 Å². The molecule has 0 amide bonds. The number of tetrazole rings is 1. The van der Waals surface area contributed by atoms with Gasteiger partial charge < -0.3 is 5.73 Å². The average molecular weight is 369 g/mol. The van der Waals surface area contributed by atoms with Crippen LogP contribution in [0.25, 0.3) is 17.1 Å². The Morgan fingerprint density at radius 2 is 2.00 bits per heavy atom. The zero-order valence-electron chi connectivity index (χ0n) is 10.5. The standard InChI is InChI=1S/C13H8BrClFN5/c14-10-3-1-7(15)5-12(10)21-13(18-19-20-21)9-6-8(17)2-4-11(9)16/h1-6H,17H2. The lowest BCUT2D eigenvalue weighted by Gasteiger charge is -2.08. The second kappa shape index (κ2) is 5.42. The van der Waals surface area contributed by atoms with Gasteiger partial charge in [0.25, 0.3) is 0 Å². The SMILES string of the molecule is Nc1ccc(F)c(-c2nnnn2-c2cc(Cl)ccc2Br)c1. The lowest BCUT2D eigenvalue weighted by Crippen LogP contribution is -2.02. The highest BCUT2D eigenvalue weighted by Crippen LogP contribution is 2.29. The summed E-state index contributed by atoms with van der Waals surface area (Å²) in [7, 11) is 0. The third kappa shape index (κ3) is 2.62. The summed E-state index contributed by atoms with van der Waals surface area (Å²) >= 11 is 9.39. The first-order valence-electron chi connectivity index (χ1n) is 5.85. The topological polar surface area (TPSA) is 69.6 Å². The molecule has 0 unspecified atom stereocenters. The molecule has 106 valence electrons. The second-order valence-electron chi connectivity index (χ2n) is 4.25. The summed E-state index contributed by atoms with van der Waals surface area (Å²) in [6, 6.07) is 9.39. The Labute approximate surface area is 132 Å². The summed E-state index contributed by atoms with van der Waals surface area (Å²) in [4.78, 5) is 0. The van der Waals surface area contributed by atoms with Gasteiger partial charge in [-0.3, -0.25) is 0 Å². The van der Waals surface area contributed by atoms with E-state index in [0.29, 0.717) is 16.4 Å². The van der Waals surface area contributed by atoms with E-state index in [1.807, 2.05) is 0 Å². The van der Waals surface area contributed by atoms with Crippen LogP contribution in [0.4, 0.5) is 10.1 Å².